The first-order chi connectivity index (χ1) is 6.34. The molecule has 2 fully saturated rings. The summed E-state index contributed by atoms with van der Waals surface area (Å²) >= 11 is 0. The molecule has 0 aromatic heterocycles. The van der Waals surface area contributed by atoms with Gasteiger partial charge in [-0.05, 0) is 25.7 Å². The predicted molar refractivity (Wildman–Crippen MR) is 63.5 cm³/mol. The monoisotopic (exact) mass is 237 g/mol. The molecule has 2 rings (SSSR count). The maximum Gasteiger partial charge on any atom is 0.0249 e. The van der Waals surface area contributed by atoms with Crippen molar-refractivity contribution in [3.8, 4) is 0 Å². The molecular weight excluding hydrogens is 218 g/mol. The summed E-state index contributed by atoms with van der Waals surface area (Å²) in [6.07, 6.45) is 7.78. The topological polar surface area (TPSA) is 29.1 Å². The van der Waals surface area contributed by atoms with Crippen LogP contribution in [0.5, 0.6) is 0 Å². The van der Waals surface area contributed by atoms with E-state index in [0.29, 0.717) is 6.04 Å². The molecule has 2 nitrogen and oxygen atoms in total. The summed E-state index contributed by atoms with van der Waals surface area (Å²) in [5.74, 6) is 1.84. The van der Waals surface area contributed by atoms with Crippen molar-refractivity contribution in [2.75, 3.05) is 11.5 Å². The van der Waals surface area contributed by atoms with Crippen LogP contribution in [0.4, 0.5) is 0 Å². The van der Waals surface area contributed by atoms with Crippen LogP contribution in [0.1, 0.15) is 38.5 Å². The van der Waals surface area contributed by atoms with E-state index in [1.165, 1.54) is 25.7 Å². The fourth-order valence-electron chi connectivity index (χ4n) is 2.39. The second kappa shape index (κ2) is 6.09. The second-order valence-electron chi connectivity index (χ2n) is 4.27. The van der Waals surface area contributed by atoms with Gasteiger partial charge in [0.2, 0.25) is 0 Å². The highest BCUT2D eigenvalue weighted by Gasteiger charge is 2.22. The molecule has 0 bridgehead atoms. The van der Waals surface area contributed by atoms with Gasteiger partial charge in [-0.25, -0.2) is 0 Å². The summed E-state index contributed by atoms with van der Waals surface area (Å²) in [6, 6.07) is 1.44. The third kappa shape index (κ3) is 3.52. The Labute approximate surface area is 95.1 Å². The lowest BCUT2D eigenvalue weighted by Crippen LogP contribution is -2.40. The van der Waals surface area contributed by atoms with E-state index in [2.05, 4.69) is 5.32 Å². The van der Waals surface area contributed by atoms with E-state index in [4.69, 9.17) is 0 Å². The van der Waals surface area contributed by atoms with Gasteiger partial charge in [-0.3, -0.25) is 4.21 Å². The summed E-state index contributed by atoms with van der Waals surface area (Å²) in [4.78, 5) is 0. The molecule has 0 atom stereocenters. The van der Waals surface area contributed by atoms with Gasteiger partial charge in [0.15, 0.2) is 0 Å². The Hall–Kier alpha value is 0.400. The lowest BCUT2D eigenvalue weighted by molar-refractivity contribution is 0.407. The van der Waals surface area contributed by atoms with Crippen molar-refractivity contribution in [1.29, 1.82) is 0 Å². The van der Waals surface area contributed by atoms with E-state index in [0.717, 1.165) is 30.4 Å². The molecule has 0 radical (unpaired) electrons. The Morgan fingerprint density at radius 3 is 2.00 bits per heavy atom. The van der Waals surface area contributed by atoms with Crippen LogP contribution in [-0.4, -0.2) is 27.8 Å². The highest BCUT2D eigenvalue weighted by molar-refractivity contribution is 7.85. The molecule has 0 spiro atoms. The van der Waals surface area contributed by atoms with Crippen LogP contribution < -0.4 is 5.32 Å². The third-order valence-electron chi connectivity index (χ3n) is 3.21. The highest BCUT2D eigenvalue weighted by atomic mass is 35.5. The van der Waals surface area contributed by atoms with Gasteiger partial charge in [-0.1, -0.05) is 12.8 Å². The molecule has 1 saturated heterocycles. The number of rotatable bonds is 2. The van der Waals surface area contributed by atoms with E-state index in [1.807, 2.05) is 0 Å². The van der Waals surface area contributed by atoms with E-state index < -0.39 is 10.8 Å². The highest BCUT2D eigenvalue weighted by Crippen LogP contribution is 2.20. The van der Waals surface area contributed by atoms with Crippen LogP contribution in [0.15, 0.2) is 0 Å². The van der Waals surface area contributed by atoms with Gasteiger partial charge in [0.05, 0.1) is 0 Å². The van der Waals surface area contributed by atoms with Crippen LogP contribution in [0, 0.1) is 0 Å². The average Bonchev–Trinajstić information content (AvgIpc) is 2.62. The summed E-state index contributed by atoms with van der Waals surface area (Å²) in [5, 5.41) is 3.70. The maximum atomic E-state index is 11.1. The third-order valence-corrected chi connectivity index (χ3v) is 4.60. The molecule has 0 unspecified atom stereocenters. The molecule has 1 heterocycles. The standard InChI is InChI=1S/C10H19NOS.ClH/c12-13-7-5-10(6-8-13)11-9-3-1-2-4-9;/h9-11H,1-8H2;1H. The van der Waals surface area contributed by atoms with Gasteiger partial charge in [-0.2, -0.15) is 0 Å². The summed E-state index contributed by atoms with van der Waals surface area (Å²) < 4.78 is 11.1. The Morgan fingerprint density at radius 2 is 1.43 bits per heavy atom. The average molecular weight is 238 g/mol. The van der Waals surface area contributed by atoms with E-state index >= 15 is 0 Å². The first kappa shape index (κ1) is 12.5. The Balaban J connectivity index is 0.000000980. The molecule has 1 N–H and O–H groups in total. The van der Waals surface area contributed by atoms with Gasteiger partial charge < -0.3 is 5.32 Å². The smallest absolute Gasteiger partial charge is 0.0249 e. The SMILES string of the molecule is Cl.O=S1CCC(NC2CCCC2)CC1. The Bertz CT molecular complexity index is 185. The van der Waals surface area contributed by atoms with Crippen molar-refractivity contribution >= 4 is 23.2 Å². The summed E-state index contributed by atoms with van der Waals surface area (Å²) in [6.45, 7) is 0. The molecule has 0 amide bonds. The lowest BCUT2D eigenvalue weighted by atomic mass is 10.1. The fourth-order valence-corrected chi connectivity index (χ4v) is 3.69. The molecule has 14 heavy (non-hydrogen) atoms. The van der Waals surface area contributed by atoms with Crippen molar-refractivity contribution < 1.29 is 4.21 Å². The summed E-state index contributed by atoms with van der Waals surface area (Å²) in [5.41, 5.74) is 0. The van der Waals surface area contributed by atoms with Crippen LogP contribution >= 0.6 is 12.4 Å². The van der Waals surface area contributed by atoms with Crippen LogP contribution in [0.2, 0.25) is 0 Å². The summed E-state index contributed by atoms with van der Waals surface area (Å²) in [7, 11) is -0.504. The molecule has 1 aliphatic heterocycles. The zero-order valence-corrected chi connectivity index (χ0v) is 10.2. The minimum absolute atomic E-state index is 0. The minimum atomic E-state index is -0.504. The molecular formula is C10H20ClNOS. The van der Waals surface area contributed by atoms with Gasteiger partial charge in [0.25, 0.3) is 0 Å². The zero-order chi connectivity index (χ0) is 9.10. The van der Waals surface area contributed by atoms with Crippen LogP contribution in [0.25, 0.3) is 0 Å². The molecule has 84 valence electrons. The molecule has 1 saturated carbocycles. The van der Waals surface area contributed by atoms with Crippen molar-refractivity contribution in [1.82, 2.24) is 5.32 Å². The molecule has 1 aliphatic carbocycles. The minimum Gasteiger partial charge on any atom is -0.311 e. The number of hydrogen-bond donors (Lipinski definition) is 1. The quantitative estimate of drug-likeness (QED) is 0.795. The second-order valence-corrected chi connectivity index (χ2v) is 5.97. The van der Waals surface area contributed by atoms with Crippen molar-refractivity contribution in [2.24, 2.45) is 0 Å². The first-order valence-corrected chi connectivity index (χ1v) is 6.94. The molecule has 2 aliphatic rings. The fraction of sp³-hybridized carbons (Fsp3) is 1.00. The van der Waals surface area contributed by atoms with Crippen molar-refractivity contribution in [3.63, 3.8) is 0 Å². The molecule has 0 aromatic carbocycles. The van der Waals surface area contributed by atoms with Crippen LogP contribution in [0.3, 0.4) is 0 Å². The van der Waals surface area contributed by atoms with E-state index in [-0.39, 0.29) is 12.4 Å². The Morgan fingerprint density at radius 1 is 0.929 bits per heavy atom. The van der Waals surface area contributed by atoms with Gasteiger partial charge in [0.1, 0.15) is 0 Å². The van der Waals surface area contributed by atoms with E-state index in [9.17, 15) is 4.21 Å². The van der Waals surface area contributed by atoms with Gasteiger partial charge in [0, 0.05) is 34.4 Å². The lowest BCUT2D eigenvalue weighted by Gasteiger charge is -2.25. The number of hydrogen-bond acceptors (Lipinski definition) is 2. The van der Waals surface area contributed by atoms with Gasteiger partial charge in [-0.15, -0.1) is 12.4 Å². The zero-order valence-electron chi connectivity index (χ0n) is 8.54. The molecule has 4 heteroatoms. The van der Waals surface area contributed by atoms with Gasteiger partial charge >= 0.3 is 0 Å². The normalized spacial score (nSPS) is 34.0. The predicted octanol–water partition coefficient (Wildman–Crippen LogP) is 1.85. The largest absolute Gasteiger partial charge is 0.311 e. The Kier molecular flexibility index (Phi) is 5.42. The van der Waals surface area contributed by atoms with Crippen molar-refractivity contribution in [2.45, 2.75) is 50.6 Å². The van der Waals surface area contributed by atoms with E-state index in [1.54, 1.807) is 0 Å². The maximum absolute atomic E-state index is 11.1. The number of nitrogens with one attached hydrogen (secondary N) is 1. The van der Waals surface area contributed by atoms with Crippen LogP contribution in [-0.2, 0) is 10.8 Å². The first-order valence-electron chi connectivity index (χ1n) is 5.45. The molecule has 0 aromatic rings. The van der Waals surface area contributed by atoms with Crippen molar-refractivity contribution in [3.05, 3.63) is 0 Å². The number of halogens is 1.